The van der Waals surface area contributed by atoms with Gasteiger partial charge in [-0.2, -0.15) is 0 Å². The van der Waals surface area contributed by atoms with Crippen LogP contribution >= 0.6 is 15.9 Å². The summed E-state index contributed by atoms with van der Waals surface area (Å²) in [5, 5.41) is 2.55. The summed E-state index contributed by atoms with van der Waals surface area (Å²) in [7, 11) is 2.17. The number of halogens is 1. The molecule has 186 valence electrons. The van der Waals surface area contributed by atoms with Gasteiger partial charge < -0.3 is 24.4 Å². The molecule has 35 heavy (non-hydrogen) atoms. The summed E-state index contributed by atoms with van der Waals surface area (Å²) in [6.45, 7) is 5.08. The fourth-order valence-corrected chi connectivity index (χ4v) is 4.39. The number of alkyl carbamates (subject to hydrolysis) is 1. The number of hydrogen-bond donors (Lipinski definition) is 1. The van der Waals surface area contributed by atoms with Gasteiger partial charge in [-0.25, -0.2) is 4.79 Å². The lowest BCUT2D eigenvalue weighted by molar-refractivity contribution is -0.165. The number of fused-ring (bicyclic) bond motifs is 1. The molecule has 1 heterocycles. The molecule has 3 rings (SSSR count). The van der Waals surface area contributed by atoms with Crippen molar-refractivity contribution in [1.82, 2.24) is 5.32 Å². The number of ether oxygens (including phenoxy) is 3. The Bertz CT molecular complexity index is 1130. The Labute approximate surface area is 211 Å². The maximum absolute atomic E-state index is 14.2. The first-order chi connectivity index (χ1) is 16.4. The number of benzene rings is 2. The Morgan fingerprint density at radius 2 is 1.63 bits per heavy atom. The van der Waals surface area contributed by atoms with E-state index in [1.165, 1.54) is 4.90 Å². The first-order valence-corrected chi connectivity index (χ1v) is 11.6. The van der Waals surface area contributed by atoms with E-state index in [2.05, 4.69) is 21.2 Å². The normalized spacial score (nSPS) is 17.1. The van der Waals surface area contributed by atoms with E-state index in [9.17, 15) is 19.2 Å². The highest BCUT2D eigenvalue weighted by molar-refractivity contribution is 9.10. The molecule has 2 aromatic carbocycles. The van der Waals surface area contributed by atoms with Gasteiger partial charge in [0.15, 0.2) is 11.5 Å². The van der Waals surface area contributed by atoms with Gasteiger partial charge in [-0.15, -0.1) is 0 Å². The summed E-state index contributed by atoms with van der Waals surface area (Å²) in [4.78, 5) is 54.6. The Hall–Kier alpha value is -3.40. The van der Waals surface area contributed by atoms with Crippen molar-refractivity contribution in [3.8, 4) is 0 Å². The van der Waals surface area contributed by atoms with Crippen LogP contribution in [0.2, 0.25) is 0 Å². The van der Waals surface area contributed by atoms with Crippen LogP contribution in [0.4, 0.5) is 10.5 Å². The number of carbonyl (C=O) groups excluding carboxylic acids is 4. The molecule has 1 atom stereocenters. The number of esters is 2. The van der Waals surface area contributed by atoms with E-state index in [1.807, 2.05) is 30.3 Å². The van der Waals surface area contributed by atoms with Crippen LogP contribution in [-0.2, 0) is 40.7 Å². The van der Waals surface area contributed by atoms with E-state index in [0.29, 0.717) is 10.2 Å². The number of rotatable bonds is 6. The number of amides is 2. The second-order valence-corrected chi connectivity index (χ2v) is 9.87. The number of anilines is 1. The molecule has 0 unspecified atom stereocenters. The van der Waals surface area contributed by atoms with Crippen LogP contribution in [0, 0.1) is 5.92 Å². The molecule has 0 aromatic heterocycles. The van der Waals surface area contributed by atoms with Gasteiger partial charge in [0.2, 0.25) is 0 Å². The van der Waals surface area contributed by atoms with E-state index < -0.39 is 41.0 Å². The molecule has 0 saturated carbocycles. The lowest BCUT2D eigenvalue weighted by Crippen LogP contribution is -2.62. The molecule has 0 saturated heterocycles. The first kappa shape index (κ1) is 26.2. The molecule has 9 nitrogen and oxygen atoms in total. The number of carbonyl (C=O) groups is 4. The van der Waals surface area contributed by atoms with E-state index in [1.54, 1.807) is 39.0 Å². The molecule has 0 radical (unpaired) electrons. The maximum Gasteiger partial charge on any atom is 0.408 e. The average Bonchev–Trinajstić information content (AvgIpc) is 3.00. The fraction of sp³-hybridized carbons (Fsp3) is 0.360. The van der Waals surface area contributed by atoms with Crippen molar-refractivity contribution in [1.29, 1.82) is 0 Å². The SMILES string of the molecule is COC(=O)C(C(=O)OC)[C@]1(NC(=O)OC(C)(C)C)C(=O)N(Cc2ccccc2)c2cc(Br)ccc21. The molecule has 10 heteroatoms. The third-order valence-electron chi connectivity index (χ3n) is 5.45. The maximum atomic E-state index is 14.2. The molecule has 1 N–H and O–H groups in total. The van der Waals surface area contributed by atoms with Crippen molar-refractivity contribution in [2.24, 2.45) is 5.92 Å². The highest BCUT2D eigenvalue weighted by Gasteiger charge is 2.63. The Kier molecular flexibility index (Phi) is 7.54. The second-order valence-electron chi connectivity index (χ2n) is 8.95. The molecule has 1 aliphatic rings. The van der Waals surface area contributed by atoms with Crippen molar-refractivity contribution in [2.45, 2.75) is 38.5 Å². The predicted molar refractivity (Wildman–Crippen MR) is 130 cm³/mol. The predicted octanol–water partition coefficient (Wildman–Crippen LogP) is 3.68. The minimum Gasteiger partial charge on any atom is -0.468 e. The van der Waals surface area contributed by atoms with Crippen LogP contribution in [0.1, 0.15) is 31.9 Å². The van der Waals surface area contributed by atoms with E-state index in [0.717, 1.165) is 19.8 Å². The van der Waals surface area contributed by atoms with Crippen LogP contribution in [0.3, 0.4) is 0 Å². The summed E-state index contributed by atoms with van der Waals surface area (Å²) in [5.74, 6) is -4.63. The summed E-state index contributed by atoms with van der Waals surface area (Å²) in [6.07, 6.45) is -0.987. The van der Waals surface area contributed by atoms with Gasteiger partial charge in [-0.3, -0.25) is 14.4 Å². The molecule has 0 fully saturated rings. The molecule has 2 aromatic rings. The van der Waals surface area contributed by atoms with Crippen molar-refractivity contribution >= 4 is 45.6 Å². The molecular formula is C25H27BrN2O7. The van der Waals surface area contributed by atoms with Gasteiger partial charge >= 0.3 is 18.0 Å². The third-order valence-corrected chi connectivity index (χ3v) is 5.94. The van der Waals surface area contributed by atoms with Crippen molar-refractivity contribution < 1.29 is 33.4 Å². The second kappa shape index (κ2) is 10.1. The van der Waals surface area contributed by atoms with Crippen LogP contribution in [0.5, 0.6) is 0 Å². The number of nitrogens with one attached hydrogen (secondary N) is 1. The number of methoxy groups -OCH3 is 2. The first-order valence-electron chi connectivity index (χ1n) is 10.8. The monoisotopic (exact) mass is 546 g/mol. The van der Waals surface area contributed by atoms with Gasteiger partial charge in [-0.05, 0) is 38.5 Å². The lowest BCUT2D eigenvalue weighted by atomic mass is 9.78. The largest absolute Gasteiger partial charge is 0.468 e. The molecule has 1 aliphatic heterocycles. The zero-order chi connectivity index (χ0) is 26.0. The molecule has 0 bridgehead atoms. The standard InChI is InChI=1S/C25H27BrN2O7/c1-24(2,3)35-23(32)27-25(19(20(29)33-4)21(30)34-5)17-12-11-16(26)13-18(17)28(22(25)31)14-15-9-7-6-8-10-15/h6-13,19H,14H2,1-5H3,(H,27,32)/t25-/m0/s1. The molecular weight excluding hydrogens is 520 g/mol. The minimum absolute atomic E-state index is 0.121. The van der Waals surface area contributed by atoms with E-state index >= 15 is 0 Å². The Morgan fingerprint density at radius 3 is 2.17 bits per heavy atom. The summed E-state index contributed by atoms with van der Waals surface area (Å²) < 4.78 is 15.8. The molecule has 0 aliphatic carbocycles. The Morgan fingerprint density at radius 1 is 1.03 bits per heavy atom. The van der Waals surface area contributed by atoms with Gasteiger partial charge in [-0.1, -0.05) is 52.3 Å². The fourth-order valence-electron chi connectivity index (χ4n) is 4.04. The van der Waals surface area contributed by atoms with Crippen LogP contribution in [0.25, 0.3) is 0 Å². The van der Waals surface area contributed by atoms with E-state index in [-0.39, 0.29) is 12.1 Å². The summed E-state index contributed by atoms with van der Waals surface area (Å²) in [6, 6.07) is 14.1. The van der Waals surface area contributed by atoms with Crippen LogP contribution in [-0.4, -0.2) is 43.8 Å². The quantitative estimate of drug-likeness (QED) is 0.334. The lowest BCUT2D eigenvalue weighted by Gasteiger charge is -2.34. The topological polar surface area (TPSA) is 111 Å². The van der Waals surface area contributed by atoms with Gasteiger partial charge in [0.05, 0.1) is 26.5 Å². The average molecular weight is 547 g/mol. The summed E-state index contributed by atoms with van der Waals surface area (Å²) >= 11 is 3.41. The van der Waals surface area contributed by atoms with Crippen molar-refractivity contribution in [3.05, 3.63) is 64.1 Å². The van der Waals surface area contributed by atoms with E-state index in [4.69, 9.17) is 14.2 Å². The van der Waals surface area contributed by atoms with Gasteiger partial charge in [0.1, 0.15) is 5.60 Å². The molecule has 0 spiro atoms. The number of hydrogen-bond acceptors (Lipinski definition) is 7. The highest BCUT2D eigenvalue weighted by atomic mass is 79.9. The minimum atomic E-state index is -2.17. The molecule has 2 amide bonds. The zero-order valence-corrected chi connectivity index (χ0v) is 21.7. The van der Waals surface area contributed by atoms with Crippen LogP contribution in [0.15, 0.2) is 53.0 Å². The summed E-state index contributed by atoms with van der Waals surface area (Å²) in [5.41, 5.74) is -1.65. The third kappa shape index (κ3) is 5.17. The smallest absolute Gasteiger partial charge is 0.408 e. The zero-order valence-electron chi connectivity index (χ0n) is 20.1. The Balaban J connectivity index is 2.26. The number of nitrogens with zero attached hydrogens (tertiary/aromatic N) is 1. The van der Waals surface area contributed by atoms with Crippen molar-refractivity contribution in [2.75, 3.05) is 19.1 Å². The van der Waals surface area contributed by atoms with Gasteiger partial charge in [0.25, 0.3) is 5.91 Å². The van der Waals surface area contributed by atoms with Crippen molar-refractivity contribution in [3.63, 3.8) is 0 Å². The van der Waals surface area contributed by atoms with Gasteiger partial charge in [0, 0.05) is 10.0 Å². The highest BCUT2D eigenvalue weighted by Crippen LogP contribution is 2.47. The van der Waals surface area contributed by atoms with Crippen LogP contribution < -0.4 is 10.2 Å².